The lowest BCUT2D eigenvalue weighted by Crippen LogP contribution is -2.55. The average Bonchev–Trinajstić information content (AvgIpc) is 2.48. The molecule has 0 unspecified atom stereocenters. The van der Waals surface area contributed by atoms with Crippen molar-refractivity contribution in [2.75, 3.05) is 0 Å². The van der Waals surface area contributed by atoms with Crippen LogP contribution < -0.4 is 4.72 Å². The van der Waals surface area contributed by atoms with Gasteiger partial charge in [-0.1, -0.05) is 0 Å². The van der Waals surface area contributed by atoms with Gasteiger partial charge in [0.2, 0.25) is 10.0 Å². The maximum Gasteiger partial charge on any atom is 0.243 e. The summed E-state index contributed by atoms with van der Waals surface area (Å²) in [5.74, 6) is 0.443. The van der Waals surface area contributed by atoms with Gasteiger partial charge in [0.25, 0.3) is 0 Å². The number of rotatable bonds is 4. The second-order valence-corrected chi connectivity index (χ2v) is 9.88. The third kappa shape index (κ3) is 2.68. The first-order valence-electron chi connectivity index (χ1n) is 8.75. The first-order chi connectivity index (χ1) is 11.3. The van der Waals surface area contributed by atoms with Crippen LogP contribution in [0.5, 0.6) is 0 Å². The lowest BCUT2D eigenvalue weighted by Gasteiger charge is -2.59. The fourth-order valence-corrected chi connectivity index (χ4v) is 7.25. The molecule has 1 atom stereocenters. The SMILES string of the molecule is C[C@H](NS(=O)(=O)c1cc(F)ccc1F)C12CC3CC(CC(C3)C1)C2. The highest BCUT2D eigenvalue weighted by molar-refractivity contribution is 7.89. The largest absolute Gasteiger partial charge is 0.243 e. The fourth-order valence-electron chi connectivity index (χ4n) is 5.81. The zero-order valence-electron chi connectivity index (χ0n) is 13.8. The number of nitrogens with one attached hydrogen (secondary N) is 1. The minimum Gasteiger partial charge on any atom is -0.208 e. The predicted molar refractivity (Wildman–Crippen MR) is 86.7 cm³/mol. The van der Waals surface area contributed by atoms with Crippen molar-refractivity contribution in [3.05, 3.63) is 29.8 Å². The van der Waals surface area contributed by atoms with E-state index in [9.17, 15) is 17.2 Å². The van der Waals surface area contributed by atoms with Gasteiger partial charge in [-0.05, 0) is 86.8 Å². The number of halogens is 2. The van der Waals surface area contributed by atoms with E-state index in [0.29, 0.717) is 17.8 Å². The fraction of sp³-hybridized carbons (Fsp3) is 0.667. The molecule has 132 valence electrons. The Hall–Kier alpha value is -1.01. The molecule has 4 aliphatic carbocycles. The predicted octanol–water partition coefficient (Wildman–Crippen LogP) is 3.85. The summed E-state index contributed by atoms with van der Waals surface area (Å²) in [7, 11) is -4.07. The Morgan fingerprint density at radius 1 is 1.08 bits per heavy atom. The first kappa shape index (κ1) is 16.5. The van der Waals surface area contributed by atoms with E-state index < -0.39 is 26.6 Å². The normalized spacial score (nSPS) is 36.0. The van der Waals surface area contributed by atoms with Crippen LogP contribution in [-0.2, 0) is 10.0 Å². The minimum atomic E-state index is -4.07. The van der Waals surface area contributed by atoms with Crippen molar-refractivity contribution in [2.24, 2.45) is 23.2 Å². The van der Waals surface area contributed by atoms with Gasteiger partial charge in [0.15, 0.2) is 0 Å². The summed E-state index contributed by atoms with van der Waals surface area (Å²) in [6.07, 6.45) is 6.97. The zero-order valence-corrected chi connectivity index (χ0v) is 14.6. The lowest BCUT2D eigenvalue weighted by atomic mass is 9.48. The zero-order chi connectivity index (χ0) is 17.1. The van der Waals surface area contributed by atoms with Crippen LogP contribution in [-0.4, -0.2) is 14.5 Å². The molecule has 5 rings (SSSR count). The van der Waals surface area contributed by atoms with Crippen LogP contribution in [0.15, 0.2) is 23.1 Å². The smallest absolute Gasteiger partial charge is 0.208 e. The van der Waals surface area contributed by atoms with Gasteiger partial charge in [0.05, 0.1) is 0 Å². The molecule has 4 bridgehead atoms. The first-order valence-corrected chi connectivity index (χ1v) is 10.2. The van der Waals surface area contributed by atoms with Gasteiger partial charge >= 0.3 is 0 Å². The molecule has 0 aliphatic heterocycles. The van der Waals surface area contributed by atoms with Crippen LogP contribution in [0.1, 0.15) is 45.4 Å². The highest BCUT2D eigenvalue weighted by Crippen LogP contribution is 2.61. The molecule has 3 nitrogen and oxygen atoms in total. The summed E-state index contributed by atoms with van der Waals surface area (Å²) in [6, 6.07) is 2.28. The number of hydrogen-bond acceptors (Lipinski definition) is 2. The van der Waals surface area contributed by atoms with E-state index in [0.717, 1.165) is 37.5 Å². The van der Waals surface area contributed by atoms with E-state index >= 15 is 0 Å². The standard InChI is InChI=1S/C18H23F2NO2S/c1-11(18-8-12-4-13(9-18)6-14(5-12)10-18)21-24(22,23)17-7-15(19)2-3-16(17)20/h2-3,7,11-14,21H,4-6,8-10H2,1H3/t11-,12?,13?,14?,18?/m0/s1. The molecule has 0 amide bonds. The Balaban J connectivity index is 1.59. The van der Waals surface area contributed by atoms with Gasteiger partial charge in [0.1, 0.15) is 16.5 Å². The Morgan fingerprint density at radius 3 is 2.17 bits per heavy atom. The molecule has 0 heterocycles. The van der Waals surface area contributed by atoms with Crippen molar-refractivity contribution < 1.29 is 17.2 Å². The monoisotopic (exact) mass is 355 g/mol. The molecule has 24 heavy (non-hydrogen) atoms. The van der Waals surface area contributed by atoms with Crippen LogP contribution in [0.3, 0.4) is 0 Å². The second-order valence-electron chi connectivity index (χ2n) is 8.20. The molecular formula is C18H23F2NO2S. The molecule has 1 aromatic carbocycles. The summed E-state index contributed by atoms with van der Waals surface area (Å²) < 4.78 is 55.1. The number of hydrogen-bond donors (Lipinski definition) is 1. The molecular weight excluding hydrogens is 332 g/mol. The summed E-state index contributed by atoms with van der Waals surface area (Å²) in [5, 5.41) is 0. The van der Waals surface area contributed by atoms with Crippen molar-refractivity contribution >= 4 is 10.0 Å². The van der Waals surface area contributed by atoms with Crippen LogP contribution >= 0.6 is 0 Å². The van der Waals surface area contributed by atoms with Gasteiger partial charge in [-0.3, -0.25) is 0 Å². The van der Waals surface area contributed by atoms with Gasteiger partial charge in [-0.15, -0.1) is 0 Å². The van der Waals surface area contributed by atoms with Gasteiger partial charge in [-0.25, -0.2) is 21.9 Å². The Bertz CT molecular complexity index is 727. The van der Waals surface area contributed by atoms with Crippen LogP contribution in [0.2, 0.25) is 0 Å². The van der Waals surface area contributed by atoms with E-state index in [-0.39, 0.29) is 11.5 Å². The topological polar surface area (TPSA) is 46.2 Å². The van der Waals surface area contributed by atoms with E-state index in [1.807, 2.05) is 6.92 Å². The van der Waals surface area contributed by atoms with Gasteiger partial charge in [-0.2, -0.15) is 0 Å². The number of benzene rings is 1. The maximum absolute atomic E-state index is 13.9. The van der Waals surface area contributed by atoms with Crippen molar-refractivity contribution in [3.63, 3.8) is 0 Å². The average molecular weight is 355 g/mol. The Labute approximate surface area is 141 Å². The summed E-state index contributed by atoms with van der Waals surface area (Å²) >= 11 is 0. The van der Waals surface area contributed by atoms with Crippen molar-refractivity contribution in [1.82, 2.24) is 4.72 Å². The van der Waals surface area contributed by atoms with Gasteiger partial charge < -0.3 is 0 Å². The molecule has 4 saturated carbocycles. The molecule has 0 radical (unpaired) electrons. The van der Waals surface area contributed by atoms with Crippen molar-refractivity contribution in [1.29, 1.82) is 0 Å². The molecule has 4 fully saturated rings. The van der Waals surface area contributed by atoms with Crippen LogP contribution in [0.4, 0.5) is 8.78 Å². The van der Waals surface area contributed by atoms with E-state index in [1.54, 1.807) is 0 Å². The highest BCUT2D eigenvalue weighted by atomic mass is 32.2. The summed E-state index contributed by atoms with van der Waals surface area (Å²) in [6.45, 7) is 1.89. The third-order valence-electron chi connectivity index (χ3n) is 6.52. The molecule has 1 aromatic rings. The second kappa shape index (κ2) is 5.49. The minimum absolute atomic E-state index is 0.0222. The summed E-state index contributed by atoms with van der Waals surface area (Å²) in [4.78, 5) is -0.598. The molecule has 6 heteroatoms. The molecule has 0 spiro atoms. The third-order valence-corrected chi connectivity index (χ3v) is 8.07. The van der Waals surface area contributed by atoms with E-state index in [2.05, 4.69) is 4.72 Å². The quantitative estimate of drug-likeness (QED) is 0.892. The van der Waals surface area contributed by atoms with Gasteiger partial charge in [0, 0.05) is 6.04 Å². The molecule has 1 N–H and O–H groups in total. The van der Waals surface area contributed by atoms with Crippen LogP contribution in [0.25, 0.3) is 0 Å². The molecule has 0 aromatic heterocycles. The summed E-state index contributed by atoms with van der Waals surface area (Å²) in [5.41, 5.74) is -0.0222. The highest BCUT2D eigenvalue weighted by Gasteiger charge is 2.53. The Kier molecular flexibility index (Phi) is 3.77. The van der Waals surface area contributed by atoms with Crippen molar-refractivity contribution in [2.45, 2.75) is 56.4 Å². The van der Waals surface area contributed by atoms with Crippen molar-refractivity contribution in [3.8, 4) is 0 Å². The van der Waals surface area contributed by atoms with E-state index in [4.69, 9.17) is 0 Å². The number of sulfonamides is 1. The van der Waals surface area contributed by atoms with Crippen LogP contribution in [0, 0.1) is 34.8 Å². The Morgan fingerprint density at radius 2 is 1.62 bits per heavy atom. The lowest BCUT2D eigenvalue weighted by molar-refractivity contribution is -0.0666. The maximum atomic E-state index is 13.9. The molecule has 4 aliphatic rings. The van der Waals surface area contributed by atoms with E-state index in [1.165, 1.54) is 19.3 Å². The molecule has 0 saturated heterocycles.